The number of nitrogens with zero attached hydrogens (tertiary/aromatic N) is 2. The molecule has 0 saturated carbocycles. The summed E-state index contributed by atoms with van der Waals surface area (Å²) in [4.78, 5) is 41.2. The van der Waals surface area contributed by atoms with Gasteiger partial charge in [0.25, 0.3) is 17.7 Å². The van der Waals surface area contributed by atoms with E-state index in [4.69, 9.17) is 0 Å². The van der Waals surface area contributed by atoms with Crippen LogP contribution in [0.3, 0.4) is 0 Å². The molecule has 1 heterocycles. The van der Waals surface area contributed by atoms with Crippen molar-refractivity contribution in [2.24, 2.45) is 0 Å². The van der Waals surface area contributed by atoms with Crippen LogP contribution in [0.25, 0.3) is 0 Å². The van der Waals surface area contributed by atoms with E-state index >= 15 is 0 Å². The lowest BCUT2D eigenvalue weighted by Crippen LogP contribution is -2.29. The van der Waals surface area contributed by atoms with Crippen molar-refractivity contribution < 1.29 is 18.8 Å². The maximum Gasteiger partial charge on any atom is 0.266 e. The summed E-state index contributed by atoms with van der Waals surface area (Å²) in [7, 11) is 1.70. The minimum Gasteiger partial charge on any atom is -0.337 e. The largest absolute Gasteiger partial charge is 0.337 e. The van der Waals surface area contributed by atoms with Crippen LogP contribution in [0, 0.1) is 19.7 Å². The summed E-state index contributed by atoms with van der Waals surface area (Å²) in [6.45, 7) is 4.45. The molecular weight excluding hydrogens is 395 g/mol. The summed E-state index contributed by atoms with van der Waals surface area (Å²) in [5.74, 6) is -1.73. The van der Waals surface area contributed by atoms with Crippen LogP contribution in [0.5, 0.6) is 0 Å². The van der Waals surface area contributed by atoms with E-state index in [0.717, 1.165) is 21.6 Å². The minimum atomic E-state index is -0.529. The molecule has 0 unspecified atom stereocenters. The molecule has 0 radical (unpaired) electrons. The highest BCUT2D eigenvalue weighted by Gasteiger charge is 2.37. The van der Waals surface area contributed by atoms with Crippen LogP contribution in [0.2, 0.25) is 0 Å². The molecule has 3 aromatic rings. The number of amides is 3. The summed E-state index contributed by atoms with van der Waals surface area (Å²) in [6, 6.07) is 15.7. The monoisotopic (exact) mass is 416 g/mol. The van der Waals surface area contributed by atoms with E-state index in [-0.39, 0.29) is 22.7 Å². The number of halogens is 1. The predicted molar refractivity (Wildman–Crippen MR) is 116 cm³/mol. The molecule has 4 rings (SSSR count). The summed E-state index contributed by atoms with van der Waals surface area (Å²) in [6.07, 6.45) is 0. The van der Waals surface area contributed by atoms with Gasteiger partial charge in [-0.25, -0.2) is 9.29 Å². The van der Waals surface area contributed by atoms with Crippen molar-refractivity contribution in [2.75, 3.05) is 11.9 Å². The van der Waals surface area contributed by atoms with Crippen molar-refractivity contribution in [1.82, 2.24) is 4.90 Å². The second kappa shape index (κ2) is 7.80. The van der Waals surface area contributed by atoms with Crippen LogP contribution in [-0.4, -0.2) is 29.7 Å². The van der Waals surface area contributed by atoms with Gasteiger partial charge in [0.05, 0.1) is 16.8 Å². The van der Waals surface area contributed by atoms with Gasteiger partial charge in [-0.05, 0) is 67.4 Å². The number of rotatable bonds is 4. The normalized spacial score (nSPS) is 12.8. The van der Waals surface area contributed by atoms with E-state index in [9.17, 15) is 18.8 Å². The van der Waals surface area contributed by atoms with Gasteiger partial charge in [0, 0.05) is 19.2 Å². The fraction of sp³-hybridized carbons (Fsp3) is 0.160. The minimum absolute atomic E-state index is 0.167. The van der Waals surface area contributed by atoms with E-state index in [2.05, 4.69) is 6.07 Å². The van der Waals surface area contributed by atoms with E-state index in [0.29, 0.717) is 12.1 Å². The molecule has 156 valence electrons. The molecule has 6 heteroatoms. The van der Waals surface area contributed by atoms with Gasteiger partial charge >= 0.3 is 0 Å². The molecule has 1 aliphatic heterocycles. The van der Waals surface area contributed by atoms with Gasteiger partial charge in [0.2, 0.25) is 0 Å². The second-order valence-corrected chi connectivity index (χ2v) is 7.77. The molecule has 0 N–H and O–H groups in total. The second-order valence-electron chi connectivity index (χ2n) is 7.77. The maximum atomic E-state index is 13.2. The summed E-state index contributed by atoms with van der Waals surface area (Å²) >= 11 is 0. The number of benzene rings is 3. The topological polar surface area (TPSA) is 57.7 Å². The smallest absolute Gasteiger partial charge is 0.266 e. The van der Waals surface area contributed by atoms with Gasteiger partial charge < -0.3 is 4.90 Å². The predicted octanol–water partition coefficient (Wildman–Crippen LogP) is 4.52. The van der Waals surface area contributed by atoms with Crippen molar-refractivity contribution in [3.05, 3.63) is 99.9 Å². The number of imide groups is 1. The third kappa shape index (κ3) is 3.72. The molecule has 0 fully saturated rings. The molecule has 3 amide bonds. The Hall–Kier alpha value is -3.80. The van der Waals surface area contributed by atoms with E-state index in [1.54, 1.807) is 18.0 Å². The first-order valence-corrected chi connectivity index (χ1v) is 9.86. The first-order chi connectivity index (χ1) is 14.8. The number of hydrogen-bond donors (Lipinski definition) is 0. The Labute approximate surface area is 179 Å². The number of carbonyl (C=O) groups is 3. The van der Waals surface area contributed by atoms with Gasteiger partial charge in [-0.15, -0.1) is 0 Å². The third-order valence-corrected chi connectivity index (χ3v) is 5.47. The van der Waals surface area contributed by atoms with Crippen molar-refractivity contribution in [3.8, 4) is 0 Å². The molecule has 0 atom stereocenters. The molecule has 31 heavy (non-hydrogen) atoms. The fourth-order valence-electron chi connectivity index (χ4n) is 3.77. The first kappa shape index (κ1) is 20.5. The van der Waals surface area contributed by atoms with E-state index in [1.165, 1.54) is 36.4 Å². The molecule has 1 aliphatic rings. The Morgan fingerprint density at radius 3 is 2.26 bits per heavy atom. The van der Waals surface area contributed by atoms with Crippen molar-refractivity contribution in [3.63, 3.8) is 0 Å². The number of fused-ring (bicyclic) bond motifs is 1. The Morgan fingerprint density at radius 1 is 0.903 bits per heavy atom. The van der Waals surface area contributed by atoms with Crippen LogP contribution in [-0.2, 0) is 6.54 Å². The van der Waals surface area contributed by atoms with Gasteiger partial charge in [-0.1, -0.05) is 23.8 Å². The first-order valence-electron chi connectivity index (χ1n) is 9.86. The van der Waals surface area contributed by atoms with E-state index in [1.807, 2.05) is 26.0 Å². The third-order valence-electron chi connectivity index (χ3n) is 5.47. The molecule has 0 aromatic heterocycles. The quantitative estimate of drug-likeness (QED) is 0.588. The highest BCUT2D eigenvalue weighted by Crippen LogP contribution is 2.29. The Kier molecular flexibility index (Phi) is 5.15. The maximum absolute atomic E-state index is 13.2. The fourth-order valence-corrected chi connectivity index (χ4v) is 3.77. The van der Waals surface area contributed by atoms with Gasteiger partial charge in [0.15, 0.2) is 0 Å². The lowest BCUT2D eigenvalue weighted by molar-refractivity contribution is 0.0784. The molecule has 0 bridgehead atoms. The van der Waals surface area contributed by atoms with E-state index < -0.39 is 17.6 Å². The van der Waals surface area contributed by atoms with Crippen molar-refractivity contribution >= 4 is 23.4 Å². The number of hydrogen-bond acceptors (Lipinski definition) is 3. The van der Waals surface area contributed by atoms with Crippen LogP contribution >= 0.6 is 0 Å². The number of anilines is 1. The lowest BCUT2D eigenvalue weighted by atomic mass is 10.0. The van der Waals surface area contributed by atoms with Gasteiger partial charge in [-0.3, -0.25) is 14.4 Å². The highest BCUT2D eigenvalue weighted by molar-refractivity contribution is 6.34. The van der Waals surface area contributed by atoms with Crippen LogP contribution < -0.4 is 4.90 Å². The Bertz CT molecular complexity index is 1220. The Balaban J connectivity index is 1.59. The standard InChI is InChI=1S/C25H21FN2O3/c1-15-4-5-18(16(2)12-15)14-27(3)23(29)17-6-11-21-22(13-17)25(31)28(24(21)30)20-9-7-19(26)8-10-20/h4-13H,14H2,1-3H3. The molecule has 0 spiro atoms. The van der Waals surface area contributed by atoms with Crippen LogP contribution in [0.4, 0.5) is 10.1 Å². The molecular formula is C25H21FN2O3. The summed E-state index contributed by atoms with van der Waals surface area (Å²) in [5, 5.41) is 0. The molecule has 0 aliphatic carbocycles. The average Bonchev–Trinajstić information content (AvgIpc) is 3.00. The summed E-state index contributed by atoms with van der Waals surface area (Å²) < 4.78 is 13.2. The van der Waals surface area contributed by atoms with Crippen LogP contribution in [0.1, 0.15) is 47.8 Å². The highest BCUT2D eigenvalue weighted by atomic mass is 19.1. The van der Waals surface area contributed by atoms with Crippen LogP contribution in [0.15, 0.2) is 60.7 Å². The zero-order valence-corrected chi connectivity index (χ0v) is 17.5. The van der Waals surface area contributed by atoms with Crippen molar-refractivity contribution in [2.45, 2.75) is 20.4 Å². The average molecular weight is 416 g/mol. The van der Waals surface area contributed by atoms with Gasteiger partial charge in [-0.2, -0.15) is 0 Å². The zero-order chi connectivity index (χ0) is 22.3. The summed E-state index contributed by atoms with van der Waals surface area (Å²) in [5.41, 5.74) is 4.30. The number of aryl methyl sites for hydroxylation is 2. The lowest BCUT2D eigenvalue weighted by Gasteiger charge is -2.19. The molecule has 3 aromatic carbocycles. The zero-order valence-electron chi connectivity index (χ0n) is 17.5. The number of carbonyl (C=O) groups excluding carboxylic acids is 3. The van der Waals surface area contributed by atoms with Crippen molar-refractivity contribution in [1.29, 1.82) is 0 Å². The molecule has 5 nitrogen and oxygen atoms in total. The molecule has 0 saturated heterocycles. The Morgan fingerprint density at radius 2 is 1.58 bits per heavy atom. The SMILES string of the molecule is Cc1ccc(CN(C)C(=O)c2ccc3c(c2)C(=O)N(c2ccc(F)cc2)C3=O)c(C)c1. The van der Waals surface area contributed by atoms with Gasteiger partial charge in [0.1, 0.15) is 5.82 Å².